The zero-order chi connectivity index (χ0) is 25.0. The monoisotopic (exact) mass is 474 g/mol. The van der Waals surface area contributed by atoms with Gasteiger partial charge in [0.1, 0.15) is 23.8 Å². The van der Waals surface area contributed by atoms with E-state index < -0.39 is 5.60 Å². The third-order valence-electron chi connectivity index (χ3n) is 6.03. The Kier molecular flexibility index (Phi) is 7.15. The maximum atomic E-state index is 12.7. The normalized spacial score (nSPS) is 16.1. The molecule has 1 fully saturated rings. The van der Waals surface area contributed by atoms with E-state index in [4.69, 9.17) is 20.9 Å². The minimum atomic E-state index is -0.541. The Hall–Kier alpha value is -3.74. The number of rotatable bonds is 5. The molecule has 0 bridgehead atoms. The number of ether oxygens (including phenoxy) is 2. The number of carbonyl (C=O) groups excluding carboxylic acids is 1. The predicted octanol–water partition coefficient (Wildman–Crippen LogP) is 5.61. The van der Waals surface area contributed by atoms with Gasteiger partial charge in [-0.05, 0) is 62.9 Å². The van der Waals surface area contributed by atoms with Crippen molar-refractivity contribution in [3.05, 3.63) is 71.8 Å². The number of aromatic nitrogens is 1. The molecule has 35 heavy (non-hydrogen) atoms. The number of nitrogen functional groups attached to an aromatic ring is 2. The molecule has 1 unspecified atom stereocenters. The summed E-state index contributed by atoms with van der Waals surface area (Å²) in [5.74, 6) is 1.04. The van der Waals surface area contributed by atoms with Crippen LogP contribution < -0.4 is 16.2 Å². The zero-order valence-electron chi connectivity index (χ0n) is 20.7. The number of anilines is 2. The smallest absolute Gasteiger partial charge is 0.410 e. The van der Waals surface area contributed by atoms with Gasteiger partial charge < -0.3 is 25.8 Å². The summed E-state index contributed by atoms with van der Waals surface area (Å²) in [4.78, 5) is 19.0. The van der Waals surface area contributed by atoms with E-state index in [-0.39, 0.29) is 17.8 Å². The quantitative estimate of drug-likeness (QED) is 0.498. The molecule has 184 valence electrons. The van der Waals surface area contributed by atoms with Crippen molar-refractivity contribution >= 4 is 17.6 Å². The van der Waals surface area contributed by atoms with Gasteiger partial charge >= 0.3 is 6.09 Å². The fourth-order valence-corrected chi connectivity index (χ4v) is 4.33. The highest BCUT2D eigenvalue weighted by Crippen LogP contribution is 2.38. The predicted molar refractivity (Wildman–Crippen MR) is 139 cm³/mol. The molecule has 4 rings (SSSR count). The second-order valence-electron chi connectivity index (χ2n) is 9.93. The number of piperidine rings is 1. The van der Waals surface area contributed by atoms with Crippen molar-refractivity contribution in [3.8, 4) is 17.0 Å². The van der Waals surface area contributed by atoms with Gasteiger partial charge in [0, 0.05) is 24.6 Å². The number of likely N-dealkylation sites (tertiary alicyclic amines) is 1. The number of hydrogen-bond donors (Lipinski definition) is 2. The van der Waals surface area contributed by atoms with Crippen LogP contribution in [0.25, 0.3) is 11.3 Å². The number of pyridine rings is 1. The van der Waals surface area contributed by atoms with Crippen LogP contribution in [0.2, 0.25) is 0 Å². The van der Waals surface area contributed by atoms with Crippen molar-refractivity contribution in [2.75, 3.05) is 24.6 Å². The number of nitrogens with zero attached hydrogens (tertiary/aromatic N) is 2. The van der Waals surface area contributed by atoms with E-state index in [0.717, 1.165) is 35.3 Å². The molecule has 0 aliphatic carbocycles. The molecule has 1 atom stereocenters. The van der Waals surface area contributed by atoms with E-state index in [9.17, 15) is 4.79 Å². The lowest BCUT2D eigenvalue weighted by Gasteiger charge is -2.35. The summed E-state index contributed by atoms with van der Waals surface area (Å²) >= 11 is 0. The second-order valence-corrected chi connectivity index (χ2v) is 9.93. The molecule has 4 N–H and O–H groups in total. The summed E-state index contributed by atoms with van der Waals surface area (Å²) in [6, 6.07) is 19.8. The first-order valence-electron chi connectivity index (χ1n) is 12.0. The molecular formula is C28H34N4O3. The minimum absolute atomic E-state index is 0.0396. The average Bonchev–Trinajstić information content (AvgIpc) is 2.84. The molecule has 1 aliphatic rings. The fraction of sp³-hybridized carbons (Fsp3) is 0.357. The Labute approximate surface area is 207 Å². The highest BCUT2D eigenvalue weighted by Gasteiger charge is 2.30. The van der Waals surface area contributed by atoms with Crippen LogP contribution >= 0.6 is 0 Å². The maximum Gasteiger partial charge on any atom is 0.410 e. The molecule has 0 radical (unpaired) electrons. The van der Waals surface area contributed by atoms with Crippen LogP contribution in [-0.4, -0.2) is 34.7 Å². The molecular weight excluding hydrogens is 440 g/mol. The number of amides is 1. The average molecular weight is 475 g/mol. The van der Waals surface area contributed by atoms with E-state index in [0.29, 0.717) is 31.1 Å². The number of carbonyl (C=O) groups is 1. The lowest BCUT2D eigenvalue weighted by atomic mass is 9.89. The Morgan fingerprint density at radius 1 is 1.09 bits per heavy atom. The molecule has 1 aromatic heterocycles. The van der Waals surface area contributed by atoms with Crippen LogP contribution in [0.4, 0.5) is 16.3 Å². The van der Waals surface area contributed by atoms with Gasteiger partial charge in [-0.25, -0.2) is 9.78 Å². The van der Waals surface area contributed by atoms with Crippen LogP contribution in [-0.2, 0) is 11.3 Å². The van der Waals surface area contributed by atoms with Crippen LogP contribution in [0.15, 0.2) is 60.7 Å². The summed E-state index contributed by atoms with van der Waals surface area (Å²) in [6.07, 6.45) is 1.46. The SMILES string of the molecule is CC(C)(C)OC(=O)N1CCCC(c2cc(-c3ccccc3OCc3ccccc3)nc(N)c2N)C1. The number of para-hydroxylation sites is 1. The van der Waals surface area contributed by atoms with Crippen molar-refractivity contribution in [1.29, 1.82) is 0 Å². The van der Waals surface area contributed by atoms with Crippen molar-refractivity contribution < 1.29 is 14.3 Å². The minimum Gasteiger partial charge on any atom is -0.488 e. The molecule has 1 saturated heterocycles. The van der Waals surface area contributed by atoms with Gasteiger partial charge in [0.15, 0.2) is 0 Å². The van der Waals surface area contributed by atoms with E-state index in [2.05, 4.69) is 4.98 Å². The first-order valence-corrected chi connectivity index (χ1v) is 12.0. The molecule has 1 amide bonds. The number of hydrogen-bond acceptors (Lipinski definition) is 6. The van der Waals surface area contributed by atoms with Gasteiger partial charge in [-0.15, -0.1) is 0 Å². The Morgan fingerprint density at radius 2 is 1.80 bits per heavy atom. The van der Waals surface area contributed by atoms with Gasteiger partial charge in [0.05, 0.1) is 11.4 Å². The van der Waals surface area contributed by atoms with Crippen LogP contribution in [0, 0.1) is 0 Å². The molecule has 3 aromatic rings. The summed E-state index contributed by atoms with van der Waals surface area (Å²) in [5.41, 5.74) is 16.1. The van der Waals surface area contributed by atoms with E-state index in [1.807, 2.05) is 81.4 Å². The van der Waals surface area contributed by atoms with Crippen molar-refractivity contribution in [2.24, 2.45) is 0 Å². The van der Waals surface area contributed by atoms with Crippen molar-refractivity contribution in [2.45, 2.75) is 51.7 Å². The summed E-state index contributed by atoms with van der Waals surface area (Å²) in [6.45, 7) is 7.25. The topological polar surface area (TPSA) is 104 Å². The van der Waals surface area contributed by atoms with Gasteiger partial charge in [0.25, 0.3) is 0 Å². The zero-order valence-corrected chi connectivity index (χ0v) is 20.7. The summed E-state index contributed by atoms with van der Waals surface area (Å²) in [7, 11) is 0. The first kappa shape index (κ1) is 24.4. The first-order chi connectivity index (χ1) is 16.7. The van der Waals surface area contributed by atoms with E-state index in [1.54, 1.807) is 4.90 Å². The van der Waals surface area contributed by atoms with Gasteiger partial charge in [0.2, 0.25) is 0 Å². The maximum absolute atomic E-state index is 12.7. The fourth-order valence-electron chi connectivity index (χ4n) is 4.33. The molecule has 1 aliphatic heterocycles. The van der Waals surface area contributed by atoms with Crippen LogP contribution in [0.5, 0.6) is 5.75 Å². The summed E-state index contributed by atoms with van der Waals surface area (Å²) in [5, 5.41) is 0. The standard InChI is InChI=1S/C28H34N4O3/c1-28(2,3)35-27(33)32-15-9-12-20(17-32)22-16-23(31-26(30)25(22)29)21-13-7-8-14-24(21)34-18-19-10-5-4-6-11-19/h4-8,10-11,13-14,16,20H,9,12,15,17-18,29H2,1-3H3,(H2,30,31). The highest BCUT2D eigenvalue weighted by atomic mass is 16.6. The molecule has 2 aromatic carbocycles. The van der Waals surface area contributed by atoms with Gasteiger partial charge in [-0.3, -0.25) is 0 Å². The van der Waals surface area contributed by atoms with Gasteiger partial charge in [-0.2, -0.15) is 0 Å². The summed E-state index contributed by atoms with van der Waals surface area (Å²) < 4.78 is 11.7. The molecule has 0 spiro atoms. The Balaban J connectivity index is 1.60. The lowest BCUT2D eigenvalue weighted by Crippen LogP contribution is -2.42. The van der Waals surface area contributed by atoms with Crippen LogP contribution in [0.1, 0.15) is 50.7 Å². The van der Waals surface area contributed by atoms with Crippen LogP contribution in [0.3, 0.4) is 0 Å². The Bertz CT molecular complexity index is 1170. The largest absolute Gasteiger partial charge is 0.488 e. The molecule has 7 heteroatoms. The Morgan fingerprint density at radius 3 is 2.54 bits per heavy atom. The molecule has 0 saturated carbocycles. The second kappa shape index (κ2) is 10.3. The van der Waals surface area contributed by atoms with E-state index >= 15 is 0 Å². The molecule has 2 heterocycles. The number of benzene rings is 2. The highest BCUT2D eigenvalue weighted by molar-refractivity contribution is 5.75. The van der Waals surface area contributed by atoms with Gasteiger partial charge in [-0.1, -0.05) is 42.5 Å². The van der Waals surface area contributed by atoms with Crippen molar-refractivity contribution in [3.63, 3.8) is 0 Å². The third-order valence-corrected chi connectivity index (χ3v) is 6.03. The molecule has 7 nitrogen and oxygen atoms in total. The van der Waals surface area contributed by atoms with E-state index in [1.165, 1.54) is 0 Å². The third kappa shape index (κ3) is 6.04. The number of nitrogens with two attached hydrogens (primary N) is 2. The lowest BCUT2D eigenvalue weighted by molar-refractivity contribution is 0.0198. The van der Waals surface area contributed by atoms with Crippen molar-refractivity contribution in [1.82, 2.24) is 9.88 Å².